The van der Waals surface area contributed by atoms with Gasteiger partial charge in [-0.15, -0.1) is 0 Å². The van der Waals surface area contributed by atoms with Crippen molar-refractivity contribution in [3.8, 4) is 5.75 Å². The largest absolute Gasteiger partial charge is 0.480 e. The van der Waals surface area contributed by atoms with E-state index in [0.29, 0.717) is 24.5 Å². The molecule has 4 rings (SSSR count). The van der Waals surface area contributed by atoms with Crippen LogP contribution in [0.1, 0.15) is 24.0 Å². The number of nitrogens with zero attached hydrogens (tertiary/aromatic N) is 2. The predicted octanol–water partition coefficient (Wildman–Crippen LogP) is 3.92. The Morgan fingerprint density at radius 1 is 1.17 bits per heavy atom. The summed E-state index contributed by atoms with van der Waals surface area (Å²) in [5.41, 5.74) is 3.22. The predicted molar refractivity (Wildman–Crippen MR) is 115 cm³/mol. The molecule has 6 heteroatoms. The number of hydrogen-bond acceptors (Lipinski definition) is 4. The minimum Gasteiger partial charge on any atom is -0.480 e. The molecule has 2 aliphatic heterocycles. The van der Waals surface area contributed by atoms with E-state index in [-0.39, 0.29) is 12.0 Å². The van der Waals surface area contributed by atoms with Crippen LogP contribution in [0.2, 0.25) is 5.02 Å². The average Bonchev–Trinajstić information content (AvgIpc) is 3.36. The highest BCUT2D eigenvalue weighted by Gasteiger charge is 2.34. The molecular weight excluding hydrogens is 388 g/mol. The summed E-state index contributed by atoms with van der Waals surface area (Å²) in [7, 11) is 4.03. The Morgan fingerprint density at radius 3 is 2.66 bits per heavy atom. The minimum absolute atomic E-state index is 0.00417. The van der Waals surface area contributed by atoms with Crippen LogP contribution in [-0.4, -0.2) is 50.3 Å². The van der Waals surface area contributed by atoms with E-state index in [1.54, 1.807) is 6.07 Å². The van der Waals surface area contributed by atoms with Crippen molar-refractivity contribution < 1.29 is 14.3 Å². The van der Waals surface area contributed by atoms with Crippen LogP contribution in [0.25, 0.3) is 0 Å². The first-order valence-electron chi connectivity index (χ1n) is 10.1. The highest BCUT2D eigenvalue weighted by atomic mass is 35.5. The molecule has 0 radical (unpaired) electrons. The van der Waals surface area contributed by atoms with E-state index in [9.17, 15) is 4.79 Å². The quantitative estimate of drug-likeness (QED) is 0.718. The lowest BCUT2D eigenvalue weighted by atomic mass is 10.1. The lowest BCUT2D eigenvalue weighted by Gasteiger charge is -2.28. The summed E-state index contributed by atoms with van der Waals surface area (Å²) in [4.78, 5) is 17.3. The van der Waals surface area contributed by atoms with Gasteiger partial charge in [-0.05, 0) is 54.3 Å². The van der Waals surface area contributed by atoms with E-state index in [0.717, 1.165) is 42.0 Å². The van der Waals surface area contributed by atoms with Gasteiger partial charge in [0.25, 0.3) is 5.91 Å². The summed E-state index contributed by atoms with van der Waals surface area (Å²) in [6, 6.07) is 13.8. The van der Waals surface area contributed by atoms with Crippen molar-refractivity contribution >= 4 is 23.2 Å². The number of ether oxygens (including phenoxy) is 2. The Kier molecular flexibility index (Phi) is 5.97. The van der Waals surface area contributed by atoms with Gasteiger partial charge in [-0.1, -0.05) is 23.7 Å². The maximum Gasteiger partial charge on any atom is 0.264 e. The third-order valence-corrected chi connectivity index (χ3v) is 5.79. The fourth-order valence-electron chi connectivity index (χ4n) is 3.94. The molecule has 0 saturated carbocycles. The molecule has 0 unspecified atom stereocenters. The van der Waals surface area contributed by atoms with Crippen molar-refractivity contribution in [2.24, 2.45) is 0 Å². The Balaban J connectivity index is 1.49. The summed E-state index contributed by atoms with van der Waals surface area (Å²) in [6.45, 7) is 1.91. The molecule has 0 aromatic heterocycles. The molecule has 29 heavy (non-hydrogen) atoms. The van der Waals surface area contributed by atoms with Crippen LogP contribution >= 0.6 is 11.6 Å². The molecule has 2 heterocycles. The van der Waals surface area contributed by atoms with Crippen LogP contribution in [0.3, 0.4) is 0 Å². The normalized spacial score (nSPS) is 20.2. The van der Waals surface area contributed by atoms with Crippen LogP contribution in [0.15, 0.2) is 42.5 Å². The maximum atomic E-state index is 13.4. The summed E-state index contributed by atoms with van der Waals surface area (Å²) in [6.07, 6.45) is 2.18. The van der Waals surface area contributed by atoms with E-state index in [4.69, 9.17) is 21.1 Å². The molecule has 1 fully saturated rings. The number of carbonyl (C=O) groups excluding carboxylic acids is 1. The van der Waals surface area contributed by atoms with Crippen molar-refractivity contribution in [3.63, 3.8) is 0 Å². The first-order valence-corrected chi connectivity index (χ1v) is 10.5. The third kappa shape index (κ3) is 4.68. The van der Waals surface area contributed by atoms with Gasteiger partial charge in [0.05, 0.1) is 6.10 Å². The van der Waals surface area contributed by atoms with E-state index in [1.807, 2.05) is 31.1 Å². The second-order valence-electron chi connectivity index (χ2n) is 7.98. The topological polar surface area (TPSA) is 42.0 Å². The van der Waals surface area contributed by atoms with Gasteiger partial charge in [0.2, 0.25) is 0 Å². The zero-order valence-corrected chi connectivity index (χ0v) is 17.7. The lowest BCUT2D eigenvalue weighted by molar-refractivity contribution is -0.140. The monoisotopic (exact) mass is 414 g/mol. The van der Waals surface area contributed by atoms with E-state index in [1.165, 1.54) is 0 Å². The Labute approximate surface area is 177 Å². The number of halogens is 1. The number of rotatable bonds is 6. The number of anilines is 1. The smallest absolute Gasteiger partial charge is 0.264 e. The molecule has 0 bridgehead atoms. The van der Waals surface area contributed by atoms with Gasteiger partial charge < -0.3 is 19.3 Å². The second kappa shape index (κ2) is 8.64. The molecule has 5 nitrogen and oxygen atoms in total. The molecule has 2 aromatic carbocycles. The molecule has 1 amide bonds. The number of hydrogen-bond donors (Lipinski definition) is 0. The number of carbonyl (C=O) groups is 1. The Bertz CT molecular complexity index is 863. The van der Waals surface area contributed by atoms with E-state index < -0.39 is 6.10 Å². The molecule has 0 N–H and O–H groups in total. The van der Waals surface area contributed by atoms with Gasteiger partial charge in [-0.25, -0.2) is 0 Å². The Hall–Kier alpha value is -2.24. The number of fused-ring (bicyclic) bond motifs is 1. The summed E-state index contributed by atoms with van der Waals surface area (Å²) in [5.74, 6) is 0.754. The average molecular weight is 415 g/mol. The SMILES string of the molecule is CN(C)c1ccc(CN(C[C@@H]2CCCO2)C(=O)[C@@H]2Cc3cc(Cl)ccc3O2)cc1. The van der Waals surface area contributed by atoms with Crippen LogP contribution < -0.4 is 9.64 Å². The fraction of sp³-hybridized carbons (Fsp3) is 0.435. The van der Waals surface area contributed by atoms with Gasteiger partial charge >= 0.3 is 0 Å². The molecule has 154 valence electrons. The highest BCUT2D eigenvalue weighted by Crippen LogP contribution is 2.32. The van der Waals surface area contributed by atoms with Crippen LogP contribution in [0.5, 0.6) is 5.75 Å². The molecule has 2 aliphatic rings. The highest BCUT2D eigenvalue weighted by molar-refractivity contribution is 6.30. The van der Waals surface area contributed by atoms with Crippen molar-refractivity contribution in [3.05, 3.63) is 58.6 Å². The van der Waals surface area contributed by atoms with Crippen molar-refractivity contribution in [1.82, 2.24) is 4.90 Å². The number of amides is 1. The Morgan fingerprint density at radius 2 is 1.97 bits per heavy atom. The van der Waals surface area contributed by atoms with Gasteiger partial charge in [0.15, 0.2) is 6.10 Å². The van der Waals surface area contributed by atoms with Crippen molar-refractivity contribution in [1.29, 1.82) is 0 Å². The summed E-state index contributed by atoms with van der Waals surface area (Å²) < 4.78 is 11.8. The maximum absolute atomic E-state index is 13.4. The molecule has 0 aliphatic carbocycles. The van der Waals surface area contributed by atoms with Crippen LogP contribution in [0.4, 0.5) is 5.69 Å². The molecular formula is C23H27ClN2O3. The second-order valence-corrected chi connectivity index (χ2v) is 8.41. The summed E-state index contributed by atoms with van der Waals surface area (Å²) >= 11 is 6.10. The molecule has 1 saturated heterocycles. The number of benzene rings is 2. The van der Waals surface area contributed by atoms with Gasteiger partial charge in [-0.2, -0.15) is 0 Å². The van der Waals surface area contributed by atoms with Crippen molar-refractivity contribution in [2.45, 2.75) is 38.0 Å². The van der Waals surface area contributed by atoms with Crippen molar-refractivity contribution in [2.75, 3.05) is 32.1 Å². The molecule has 2 atom stereocenters. The lowest BCUT2D eigenvalue weighted by Crippen LogP contribution is -2.44. The van der Waals surface area contributed by atoms with Crippen LogP contribution in [-0.2, 0) is 22.5 Å². The van der Waals surface area contributed by atoms with Crippen LogP contribution in [0, 0.1) is 0 Å². The van der Waals surface area contributed by atoms with Gasteiger partial charge in [-0.3, -0.25) is 4.79 Å². The fourth-order valence-corrected chi connectivity index (χ4v) is 4.14. The minimum atomic E-state index is -0.508. The standard InChI is InChI=1S/C23H27ClN2O3/c1-25(2)19-8-5-16(6-9-19)14-26(15-20-4-3-11-28-20)23(27)22-13-17-12-18(24)7-10-21(17)29-22/h5-10,12,20,22H,3-4,11,13-15H2,1-2H3/t20-,22-/m0/s1. The molecule has 0 spiro atoms. The zero-order chi connectivity index (χ0) is 20.4. The van der Waals surface area contributed by atoms with Gasteiger partial charge in [0.1, 0.15) is 5.75 Å². The van der Waals surface area contributed by atoms with E-state index in [2.05, 4.69) is 29.2 Å². The third-order valence-electron chi connectivity index (χ3n) is 5.56. The first kappa shape index (κ1) is 20.0. The zero-order valence-electron chi connectivity index (χ0n) is 16.9. The molecule has 2 aromatic rings. The first-order chi connectivity index (χ1) is 14.0. The van der Waals surface area contributed by atoms with E-state index >= 15 is 0 Å². The summed E-state index contributed by atoms with van der Waals surface area (Å²) in [5, 5.41) is 0.664. The van der Waals surface area contributed by atoms with Gasteiger partial charge in [0, 0.05) is 50.9 Å².